The number of hydrogen-bond donors (Lipinski definition) is 1. The summed E-state index contributed by atoms with van der Waals surface area (Å²) in [6, 6.07) is 18.7. The zero-order valence-corrected chi connectivity index (χ0v) is 14.8. The summed E-state index contributed by atoms with van der Waals surface area (Å²) < 4.78 is 1.91. The van der Waals surface area contributed by atoms with Crippen molar-refractivity contribution in [2.24, 2.45) is 0 Å². The van der Waals surface area contributed by atoms with Gasteiger partial charge in [-0.15, -0.1) is 0 Å². The molecule has 1 aromatic heterocycles. The van der Waals surface area contributed by atoms with Gasteiger partial charge in [0.2, 0.25) is 5.91 Å². The van der Waals surface area contributed by atoms with Gasteiger partial charge in [-0.25, -0.2) is 0 Å². The molecule has 1 heterocycles. The van der Waals surface area contributed by atoms with Gasteiger partial charge in [-0.1, -0.05) is 54.6 Å². The molecule has 0 saturated carbocycles. The number of carbonyl (C=O) groups excluding carboxylic acids is 1. The van der Waals surface area contributed by atoms with E-state index in [0.29, 0.717) is 18.9 Å². The SMILES string of the molecule is O=C(C[C@H]1CCc2ccccc21)NCc1cnn(Cc2ccccc2)c1. The molecule has 1 atom stereocenters. The fourth-order valence-electron chi connectivity index (χ4n) is 3.71. The van der Waals surface area contributed by atoms with Crippen LogP contribution in [0.4, 0.5) is 0 Å². The average Bonchev–Trinajstić information content (AvgIpc) is 3.28. The Hall–Kier alpha value is -2.88. The highest BCUT2D eigenvalue weighted by atomic mass is 16.1. The molecule has 3 aromatic rings. The van der Waals surface area contributed by atoms with Gasteiger partial charge in [-0.05, 0) is 35.4 Å². The first-order valence-electron chi connectivity index (χ1n) is 9.18. The molecule has 26 heavy (non-hydrogen) atoms. The first kappa shape index (κ1) is 16.6. The molecule has 132 valence electrons. The van der Waals surface area contributed by atoms with Crippen LogP contribution in [-0.4, -0.2) is 15.7 Å². The van der Waals surface area contributed by atoms with Crippen molar-refractivity contribution in [2.45, 2.75) is 38.3 Å². The normalized spacial score (nSPS) is 15.6. The molecule has 2 aromatic carbocycles. The van der Waals surface area contributed by atoms with E-state index in [0.717, 1.165) is 24.9 Å². The summed E-state index contributed by atoms with van der Waals surface area (Å²) in [5.74, 6) is 0.467. The second-order valence-electron chi connectivity index (χ2n) is 6.95. The summed E-state index contributed by atoms with van der Waals surface area (Å²) in [6.45, 7) is 1.27. The largest absolute Gasteiger partial charge is 0.352 e. The zero-order chi connectivity index (χ0) is 17.8. The highest BCUT2D eigenvalue weighted by molar-refractivity contribution is 5.77. The van der Waals surface area contributed by atoms with Crippen molar-refractivity contribution in [1.29, 1.82) is 0 Å². The lowest BCUT2D eigenvalue weighted by Gasteiger charge is -2.11. The van der Waals surface area contributed by atoms with E-state index in [1.807, 2.05) is 35.3 Å². The topological polar surface area (TPSA) is 46.9 Å². The Labute approximate surface area is 153 Å². The Balaban J connectivity index is 1.29. The molecule has 0 radical (unpaired) electrons. The number of benzene rings is 2. The van der Waals surface area contributed by atoms with E-state index in [1.54, 1.807) is 0 Å². The molecular formula is C22H23N3O. The van der Waals surface area contributed by atoms with Gasteiger partial charge in [-0.3, -0.25) is 9.48 Å². The van der Waals surface area contributed by atoms with Crippen LogP contribution in [-0.2, 0) is 24.3 Å². The number of amides is 1. The molecule has 0 aliphatic heterocycles. The van der Waals surface area contributed by atoms with Crippen molar-refractivity contribution in [1.82, 2.24) is 15.1 Å². The van der Waals surface area contributed by atoms with Crippen molar-refractivity contribution in [3.05, 3.63) is 89.2 Å². The zero-order valence-electron chi connectivity index (χ0n) is 14.8. The van der Waals surface area contributed by atoms with Crippen LogP contribution in [0.5, 0.6) is 0 Å². The molecular weight excluding hydrogens is 322 g/mol. The predicted molar refractivity (Wildman–Crippen MR) is 102 cm³/mol. The fourth-order valence-corrected chi connectivity index (χ4v) is 3.71. The van der Waals surface area contributed by atoms with Crippen LogP contribution in [0.3, 0.4) is 0 Å². The molecule has 1 N–H and O–H groups in total. The lowest BCUT2D eigenvalue weighted by molar-refractivity contribution is -0.121. The first-order chi connectivity index (χ1) is 12.8. The first-order valence-corrected chi connectivity index (χ1v) is 9.18. The standard InChI is InChI=1S/C22H23N3O/c26-22(12-20-11-10-19-8-4-5-9-21(19)20)23-13-18-14-24-25(16-18)15-17-6-2-1-3-7-17/h1-9,14,16,20H,10-13,15H2,(H,23,26)/t20-/m1/s1. The van der Waals surface area contributed by atoms with Crippen molar-refractivity contribution in [3.8, 4) is 0 Å². The molecule has 0 saturated heterocycles. The molecule has 0 fully saturated rings. The van der Waals surface area contributed by atoms with Crippen LogP contribution in [0.25, 0.3) is 0 Å². The Morgan fingerprint density at radius 2 is 1.88 bits per heavy atom. The van der Waals surface area contributed by atoms with Crippen LogP contribution in [0, 0.1) is 0 Å². The molecule has 0 spiro atoms. The monoisotopic (exact) mass is 345 g/mol. The van der Waals surface area contributed by atoms with E-state index in [2.05, 4.69) is 46.8 Å². The van der Waals surface area contributed by atoms with Crippen molar-refractivity contribution >= 4 is 5.91 Å². The van der Waals surface area contributed by atoms with Gasteiger partial charge in [0, 0.05) is 24.7 Å². The molecule has 0 bridgehead atoms. The Bertz CT molecular complexity index is 885. The van der Waals surface area contributed by atoms with Crippen molar-refractivity contribution in [2.75, 3.05) is 0 Å². The fraction of sp³-hybridized carbons (Fsp3) is 0.273. The molecule has 1 amide bonds. The number of rotatable bonds is 6. The van der Waals surface area contributed by atoms with Gasteiger partial charge < -0.3 is 5.32 Å². The van der Waals surface area contributed by atoms with E-state index in [-0.39, 0.29) is 5.91 Å². The minimum atomic E-state index is 0.113. The van der Waals surface area contributed by atoms with Crippen LogP contribution in [0.1, 0.15) is 41.0 Å². The summed E-state index contributed by atoms with van der Waals surface area (Å²) in [5, 5.41) is 7.43. The number of nitrogens with one attached hydrogen (secondary N) is 1. The molecule has 1 aliphatic rings. The maximum absolute atomic E-state index is 12.3. The van der Waals surface area contributed by atoms with Gasteiger partial charge >= 0.3 is 0 Å². The molecule has 4 nitrogen and oxygen atoms in total. The van der Waals surface area contributed by atoms with Crippen LogP contribution in [0.2, 0.25) is 0 Å². The lowest BCUT2D eigenvalue weighted by atomic mass is 9.97. The van der Waals surface area contributed by atoms with Gasteiger partial charge in [0.15, 0.2) is 0 Å². The summed E-state index contributed by atoms with van der Waals surface area (Å²) in [4.78, 5) is 12.3. The molecule has 0 unspecified atom stereocenters. The third-order valence-corrected chi connectivity index (χ3v) is 5.05. The highest BCUT2D eigenvalue weighted by Gasteiger charge is 2.24. The number of fused-ring (bicyclic) bond motifs is 1. The van der Waals surface area contributed by atoms with E-state index in [9.17, 15) is 4.79 Å². The highest BCUT2D eigenvalue weighted by Crippen LogP contribution is 2.35. The van der Waals surface area contributed by atoms with Crippen molar-refractivity contribution in [3.63, 3.8) is 0 Å². The Kier molecular flexibility index (Phi) is 4.82. The Morgan fingerprint density at radius 3 is 2.77 bits per heavy atom. The number of aromatic nitrogens is 2. The van der Waals surface area contributed by atoms with Crippen LogP contribution >= 0.6 is 0 Å². The van der Waals surface area contributed by atoms with Crippen LogP contribution in [0.15, 0.2) is 67.0 Å². The van der Waals surface area contributed by atoms with E-state index < -0.39 is 0 Å². The predicted octanol–water partition coefficient (Wildman–Crippen LogP) is 3.67. The third-order valence-electron chi connectivity index (χ3n) is 5.05. The summed E-state index contributed by atoms with van der Waals surface area (Å²) in [7, 11) is 0. The quantitative estimate of drug-likeness (QED) is 0.741. The van der Waals surface area contributed by atoms with Gasteiger partial charge in [0.1, 0.15) is 0 Å². The number of aryl methyl sites for hydroxylation is 1. The number of hydrogen-bond acceptors (Lipinski definition) is 2. The van der Waals surface area contributed by atoms with Gasteiger partial charge in [0.25, 0.3) is 0 Å². The second kappa shape index (κ2) is 7.56. The van der Waals surface area contributed by atoms with E-state index in [1.165, 1.54) is 16.7 Å². The molecule has 1 aliphatic carbocycles. The lowest BCUT2D eigenvalue weighted by Crippen LogP contribution is -2.24. The maximum Gasteiger partial charge on any atom is 0.220 e. The molecule has 4 rings (SSSR count). The number of carbonyl (C=O) groups is 1. The smallest absolute Gasteiger partial charge is 0.220 e. The average molecular weight is 345 g/mol. The summed E-state index contributed by atoms with van der Waals surface area (Å²) >= 11 is 0. The summed E-state index contributed by atoms with van der Waals surface area (Å²) in [6.07, 6.45) is 6.55. The minimum absolute atomic E-state index is 0.113. The van der Waals surface area contributed by atoms with Crippen molar-refractivity contribution < 1.29 is 4.79 Å². The minimum Gasteiger partial charge on any atom is -0.352 e. The van der Waals surface area contributed by atoms with Gasteiger partial charge in [-0.2, -0.15) is 5.10 Å². The maximum atomic E-state index is 12.3. The summed E-state index contributed by atoms with van der Waals surface area (Å²) in [5.41, 5.74) is 4.98. The Morgan fingerprint density at radius 1 is 1.08 bits per heavy atom. The van der Waals surface area contributed by atoms with E-state index in [4.69, 9.17) is 0 Å². The number of nitrogens with zero attached hydrogens (tertiary/aromatic N) is 2. The van der Waals surface area contributed by atoms with E-state index >= 15 is 0 Å². The third kappa shape index (κ3) is 3.85. The van der Waals surface area contributed by atoms with Gasteiger partial charge in [0.05, 0.1) is 12.7 Å². The van der Waals surface area contributed by atoms with Crippen LogP contribution < -0.4 is 5.32 Å². The molecule has 4 heteroatoms. The second-order valence-corrected chi connectivity index (χ2v) is 6.95.